The number of rotatable bonds is 4. The lowest BCUT2D eigenvalue weighted by molar-refractivity contribution is -0.162. The van der Waals surface area contributed by atoms with E-state index in [2.05, 4.69) is 0 Å². The van der Waals surface area contributed by atoms with Crippen LogP contribution in [-0.4, -0.2) is 40.8 Å². The number of hydrogen-bond donors (Lipinski definition) is 1. The number of halogens is 1. The molecule has 2 unspecified atom stereocenters. The van der Waals surface area contributed by atoms with Crippen molar-refractivity contribution in [2.75, 3.05) is 18.0 Å². The highest BCUT2D eigenvalue weighted by atomic mass is 19.1. The fourth-order valence-corrected chi connectivity index (χ4v) is 5.20. The van der Waals surface area contributed by atoms with Crippen LogP contribution in [0.2, 0.25) is 0 Å². The summed E-state index contributed by atoms with van der Waals surface area (Å²) < 4.78 is 23.2. The summed E-state index contributed by atoms with van der Waals surface area (Å²) in [6, 6.07) is 1.20. The molecule has 4 rings (SSSR count). The standard InChI is InChI=1S/C26H33FN2O5/c1-6-15-12-28(10-9-20(15)34-25(33)26(3,4)5)22-16-8-7-14(2)29-13-18(24(31)32)23(30)17(21(16)29)11-19(22)27/h11,13-15,20H,6-10,12H2,1-5H3,(H,31,32)/t14?,15?,20-/m0/s1. The number of aromatic nitrogens is 1. The van der Waals surface area contributed by atoms with Gasteiger partial charge in [-0.2, -0.15) is 0 Å². The Labute approximate surface area is 198 Å². The number of ether oxygens (including phenoxy) is 1. The number of aryl methyl sites for hydroxylation is 1. The largest absolute Gasteiger partial charge is 0.477 e. The summed E-state index contributed by atoms with van der Waals surface area (Å²) in [4.78, 5) is 39.0. The lowest BCUT2D eigenvalue weighted by Gasteiger charge is -2.41. The molecule has 7 nitrogen and oxygen atoms in total. The summed E-state index contributed by atoms with van der Waals surface area (Å²) >= 11 is 0. The number of piperidine rings is 1. The van der Waals surface area contributed by atoms with Gasteiger partial charge >= 0.3 is 11.9 Å². The molecule has 8 heteroatoms. The van der Waals surface area contributed by atoms with Crippen molar-refractivity contribution >= 4 is 28.5 Å². The van der Waals surface area contributed by atoms with Crippen LogP contribution in [0, 0.1) is 17.2 Å². The van der Waals surface area contributed by atoms with Gasteiger partial charge in [0.1, 0.15) is 17.5 Å². The van der Waals surface area contributed by atoms with E-state index in [0.29, 0.717) is 37.1 Å². The number of anilines is 1. The molecule has 2 aliphatic rings. The second-order valence-corrected chi connectivity index (χ2v) is 10.7. The number of benzene rings is 1. The third-order valence-corrected chi connectivity index (χ3v) is 7.23. The lowest BCUT2D eigenvalue weighted by atomic mass is 9.89. The molecule has 1 aromatic carbocycles. The van der Waals surface area contributed by atoms with E-state index in [0.717, 1.165) is 18.4 Å². The number of pyridine rings is 1. The van der Waals surface area contributed by atoms with E-state index in [1.807, 2.05) is 44.1 Å². The van der Waals surface area contributed by atoms with Gasteiger partial charge in [-0.05, 0) is 53.0 Å². The van der Waals surface area contributed by atoms with Crippen LogP contribution in [0.15, 0.2) is 17.1 Å². The summed E-state index contributed by atoms with van der Waals surface area (Å²) in [5.74, 6) is -1.99. The highest BCUT2D eigenvalue weighted by Gasteiger charge is 2.36. The molecule has 1 aromatic heterocycles. The molecule has 1 fully saturated rings. The molecule has 0 spiro atoms. The minimum atomic E-state index is -1.31. The van der Waals surface area contributed by atoms with E-state index in [4.69, 9.17) is 4.74 Å². The van der Waals surface area contributed by atoms with Crippen molar-refractivity contribution in [3.05, 3.63) is 39.4 Å². The number of hydrogen-bond acceptors (Lipinski definition) is 5. The zero-order valence-electron chi connectivity index (χ0n) is 20.5. The van der Waals surface area contributed by atoms with Crippen LogP contribution in [0.4, 0.5) is 10.1 Å². The molecule has 184 valence electrons. The maximum Gasteiger partial charge on any atom is 0.341 e. The summed E-state index contributed by atoms with van der Waals surface area (Å²) in [5.41, 5.74) is 0.279. The normalized spacial score (nSPS) is 22.6. The number of carboxylic acids is 1. The second kappa shape index (κ2) is 8.71. The molecule has 1 saturated heterocycles. The van der Waals surface area contributed by atoms with Gasteiger partial charge in [-0.3, -0.25) is 9.59 Å². The number of nitrogens with zero attached hydrogens (tertiary/aromatic N) is 2. The predicted molar refractivity (Wildman–Crippen MR) is 128 cm³/mol. The molecule has 3 heterocycles. The molecule has 0 amide bonds. The molecule has 0 saturated carbocycles. The fraction of sp³-hybridized carbons (Fsp3) is 0.577. The number of aromatic carboxylic acids is 1. The van der Waals surface area contributed by atoms with Crippen molar-refractivity contribution in [3.63, 3.8) is 0 Å². The number of carboxylic acid groups (broad SMARTS) is 1. The first kappa shape index (κ1) is 24.2. The molecular weight excluding hydrogens is 439 g/mol. The van der Waals surface area contributed by atoms with Gasteiger partial charge in [0.05, 0.1) is 16.6 Å². The Balaban J connectivity index is 1.76. The Morgan fingerprint density at radius 1 is 1.26 bits per heavy atom. The molecular formula is C26H33FN2O5. The van der Waals surface area contributed by atoms with Gasteiger partial charge in [0.2, 0.25) is 5.43 Å². The monoisotopic (exact) mass is 472 g/mol. The van der Waals surface area contributed by atoms with E-state index in [1.54, 1.807) is 0 Å². The van der Waals surface area contributed by atoms with Gasteiger partial charge in [0.15, 0.2) is 0 Å². The average molecular weight is 473 g/mol. The Morgan fingerprint density at radius 2 is 1.97 bits per heavy atom. The summed E-state index contributed by atoms with van der Waals surface area (Å²) in [5, 5.41) is 9.60. The average Bonchev–Trinajstić information content (AvgIpc) is 2.76. The topological polar surface area (TPSA) is 88.8 Å². The van der Waals surface area contributed by atoms with Gasteiger partial charge in [-0.15, -0.1) is 0 Å². The molecule has 2 aromatic rings. The SMILES string of the molecule is CCC1CN(c2c(F)cc3c(=O)c(C(=O)O)cn4c3c2CCC4C)CC[C@@H]1OC(=O)C(C)(C)C. The molecule has 1 N–H and O–H groups in total. The quantitative estimate of drug-likeness (QED) is 0.658. The minimum Gasteiger partial charge on any atom is -0.477 e. The van der Waals surface area contributed by atoms with E-state index in [1.165, 1.54) is 12.3 Å². The van der Waals surface area contributed by atoms with Gasteiger partial charge in [0.25, 0.3) is 0 Å². The number of carbonyl (C=O) groups is 2. The van der Waals surface area contributed by atoms with Crippen molar-refractivity contribution in [3.8, 4) is 0 Å². The second-order valence-electron chi connectivity index (χ2n) is 10.7. The van der Waals surface area contributed by atoms with Crippen molar-refractivity contribution in [2.45, 2.75) is 72.4 Å². The lowest BCUT2D eigenvalue weighted by Crippen LogP contribution is -2.46. The minimum absolute atomic E-state index is 0.00190. The van der Waals surface area contributed by atoms with Crippen LogP contribution in [0.3, 0.4) is 0 Å². The van der Waals surface area contributed by atoms with Crippen LogP contribution in [0.5, 0.6) is 0 Å². The van der Waals surface area contributed by atoms with Gasteiger partial charge < -0.3 is 19.3 Å². The third-order valence-electron chi connectivity index (χ3n) is 7.23. The van der Waals surface area contributed by atoms with Crippen molar-refractivity contribution in [2.24, 2.45) is 11.3 Å². The number of esters is 1. The van der Waals surface area contributed by atoms with Crippen LogP contribution in [0.1, 0.15) is 75.8 Å². The molecule has 0 aliphatic carbocycles. The Kier molecular flexibility index (Phi) is 6.21. The first-order valence-electron chi connectivity index (χ1n) is 12.0. The first-order valence-corrected chi connectivity index (χ1v) is 12.0. The molecule has 0 radical (unpaired) electrons. The Bertz CT molecular complexity index is 1210. The van der Waals surface area contributed by atoms with Crippen LogP contribution in [0.25, 0.3) is 10.9 Å². The predicted octanol–water partition coefficient (Wildman–Crippen LogP) is 4.54. The van der Waals surface area contributed by atoms with E-state index in [-0.39, 0.29) is 35.0 Å². The Morgan fingerprint density at radius 3 is 2.59 bits per heavy atom. The van der Waals surface area contributed by atoms with E-state index in [9.17, 15) is 19.5 Å². The van der Waals surface area contributed by atoms with E-state index >= 15 is 4.39 Å². The Hall–Kier alpha value is -2.90. The van der Waals surface area contributed by atoms with Crippen molar-refractivity contribution in [1.29, 1.82) is 0 Å². The summed E-state index contributed by atoms with van der Waals surface area (Å²) in [6.07, 6.45) is 3.88. The van der Waals surface area contributed by atoms with Gasteiger partial charge in [-0.1, -0.05) is 6.92 Å². The van der Waals surface area contributed by atoms with Crippen molar-refractivity contribution < 1.29 is 23.8 Å². The van der Waals surface area contributed by atoms with Gasteiger partial charge in [-0.25, -0.2) is 9.18 Å². The fourth-order valence-electron chi connectivity index (χ4n) is 5.20. The smallest absolute Gasteiger partial charge is 0.341 e. The maximum absolute atomic E-state index is 15.6. The zero-order valence-corrected chi connectivity index (χ0v) is 20.5. The first-order chi connectivity index (χ1) is 15.9. The zero-order chi connectivity index (χ0) is 24.9. The highest BCUT2D eigenvalue weighted by Crippen LogP contribution is 2.40. The van der Waals surface area contributed by atoms with Crippen LogP contribution in [-0.2, 0) is 16.0 Å². The van der Waals surface area contributed by atoms with E-state index < -0.39 is 22.6 Å². The molecule has 0 bridgehead atoms. The van der Waals surface area contributed by atoms with Crippen LogP contribution < -0.4 is 10.3 Å². The highest BCUT2D eigenvalue weighted by molar-refractivity contribution is 5.95. The summed E-state index contributed by atoms with van der Waals surface area (Å²) in [6.45, 7) is 10.6. The molecule has 2 aliphatic heterocycles. The van der Waals surface area contributed by atoms with Crippen LogP contribution >= 0.6 is 0 Å². The summed E-state index contributed by atoms with van der Waals surface area (Å²) in [7, 11) is 0. The van der Waals surface area contributed by atoms with Gasteiger partial charge in [0, 0.05) is 48.6 Å². The third kappa shape index (κ3) is 4.07. The molecule has 3 atom stereocenters. The maximum atomic E-state index is 15.6. The number of carbonyl (C=O) groups excluding carboxylic acids is 1. The van der Waals surface area contributed by atoms with Crippen molar-refractivity contribution in [1.82, 2.24) is 4.57 Å². The molecule has 34 heavy (non-hydrogen) atoms.